The van der Waals surface area contributed by atoms with E-state index in [0.717, 1.165) is 5.56 Å². The number of carbonyl (C=O) groups excluding carboxylic acids is 2. The standard InChI is InChI=1S/C15H23N3O3/c1-3-17-14(19)8-11-4-6-12(7-5-11)18-15(20)9-13(10-16)21-2/h4-7,13H,3,8-10,16H2,1-2H3,(H,17,19)(H,18,20). The summed E-state index contributed by atoms with van der Waals surface area (Å²) in [5.74, 6) is -0.163. The lowest BCUT2D eigenvalue weighted by molar-refractivity contribution is -0.120. The van der Waals surface area contributed by atoms with Gasteiger partial charge < -0.3 is 21.1 Å². The van der Waals surface area contributed by atoms with E-state index < -0.39 is 0 Å². The molecule has 1 aromatic rings. The van der Waals surface area contributed by atoms with Crippen LogP contribution in [-0.2, 0) is 20.7 Å². The molecule has 1 atom stereocenters. The summed E-state index contributed by atoms with van der Waals surface area (Å²) >= 11 is 0. The van der Waals surface area contributed by atoms with Crippen molar-refractivity contribution in [3.8, 4) is 0 Å². The first kappa shape index (κ1) is 17.1. The lowest BCUT2D eigenvalue weighted by Crippen LogP contribution is -2.28. The first-order chi connectivity index (χ1) is 10.1. The summed E-state index contributed by atoms with van der Waals surface area (Å²) in [6.45, 7) is 2.80. The Hall–Kier alpha value is -1.92. The maximum Gasteiger partial charge on any atom is 0.227 e. The Morgan fingerprint density at radius 1 is 1.24 bits per heavy atom. The van der Waals surface area contributed by atoms with E-state index in [2.05, 4.69) is 10.6 Å². The summed E-state index contributed by atoms with van der Waals surface area (Å²) in [6.07, 6.45) is 0.274. The Bertz CT molecular complexity index is 456. The molecule has 0 saturated heterocycles. The molecule has 0 aliphatic carbocycles. The van der Waals surface area contributed by atoms with Crippen LogP contribution in [0.4, 0.5) is 5.69 Å². The van der Waals surface area contributed by atoms with Gasteiger partial charge in [-0.25, -0.2) is 0 Å². The van der Waals surface area contributed by atoms with Gasteiger partial charge in [0.2, 0.25) is 11.8 Å². The maximum atomic E-state index is 11.8. The molecule has 6 heteroatoms. The van der Waals surface area contributed by atoms with Gasteiger partial charge in [0.15, 0.2) is 0 Å². The highest BCUT2D eigenvalue weighted by molar-refractivity contribution is 5.91. The third kappa shape index (κ3) is 6.37. The molecule has 0 aromatic heterocycles. The SMILES string of the molecule is CCNC(=O)Cc1ccc(NC(=O)CC(CN)OC)cc1. The van der Waals surface area contributed by atoms with Gasteiger partial charge in [0, 0.05) is 25.9 Å². The summed E-state index contributed by atoms with van der Waals surface area (Å²) in [6, 6.07) is 7.19. The van der Waals surface area contributed by atoms with Gasteiger partial charge in [-0.05, 0) is 24.6 Å². The minimum absolute atomic E-state index is 0.0137. The number of rotatable bonds is 8. The van der Waals surface area contributed by atoms with Gasteiger partial charge in [-0.2, -0.15) is 0 Å². The molecule has 0 saturated carbocycles. The summed E-state index contributed by atoms with van der Waals surface area (Å²) in [4.78, 5) is 23.2. The van der Waals surface area contributed by atoms with E-state index in [1.165, 1.54) is 7.11 Å². The molecule has 1 unspecified atom stereocenters. The highest BCUT2D eigenvalue weighted by atomic mass is 16.5. The predicted octanol–water partition coefficient (Wildman–Crippen LogP) is 0.668. The number of hydrogen-bond acceptors (Lipinski definition) is 4. The Kier molecular flexibility index (Phi) is 7.42. The topological polar surface area (TPSA) is 93.5 Å². The van der Waals surface area contributed by atoms with E-state index in [0.29, 0.717) is 25.2 Å². The molecule has 4 N–H and O–H groups in total. The van der Waals surface area contributed by atoms with Crippen LogP contribution in [0.1, 0.15) is 18.9 Å². The quantitative estimate of drug-likeness (QED) is 0.656. The smallest absolute Gasteiger partial charge is 0.227 e. The largest absolute Gasteiger partial charge is 0.380 e. The number of ether oxygens (including phenoxy) is 1. The third-order valence-electron chi connectivity index (χ3n) is 2.99. The van der Waals surface area contributed by atoms with Gasteiger partial charge in [-0.3, -0.25) is 9.59 Å². The van der Waals surface area contributed by atoms with Gasteiger partial charge in [0.05, 0.1) is 18.9 Å². The Morgan fingerprint density at radius 2 is 1.90 bits per heavy atom. The number of nitrogens with two attached hydrogens (primary N) is 1. The molecule has 0 radical (unpaired) electrons. The van der Waals surface area contributed by atoms with Gasteiger partial charge >= 0.3 is 0 Å². The second-order valence-corrected chi connectivity index (χ2v) is 4.67. The van der Waals surface area contributed by atoms with Gasteiger partial charge in [-0.1, -0.05) is 12.1 Å². The van der Waals surface area contributed by atoms with E-state index in [9.17, 15) is 9.59 Å². The molecule has 0 aliphatic rings. The summed E-state index contributed by atoms with van der Waals surface area (Å²) in [5.41, 5.74) is 7.06. The van der Waals surface area contributed by atoms with E-state index in [-0.39, 0.29) is 24.3 Å². The van der Waals surface area contributed by atoms with Crippen LogP contribution in [0.5, 0.6) is 0 Å². The first-order valence-electron chi connectivity index (χ1n) is 6.97. The Balaban J connectivity index is 2.50. The average Bonchev–Trinajstić information content (AvgIpc) is 2.47. The molecule has 116 valence electrons. The van der Waals surface area contributed by atoms with E-state index in [1.54, 1.807) is 12.1 Å². The average molecular weight is 293 g/mol. The van der Waals surface area contributed by atoms with Crippen molar-refractivity contribution in [2.75, 3.05) is 25.5 Å². The fourth-order valence-electron chi connectivity index (χ4n) is 1.83. The molecule has 0 heterocycles. The van der Waals surface area contributed by atoms with Crippen LogP contribution >= 0.6 is 0 Å². The zero-order valence-corrected chi connectivity index (χ0v) is 12.5. The van der Waals surface area contributed by atoms with Gasteiger partial charge in [0.25, 0.3) is 0 Å². The molecule has 1 aromatic carbocycles. The maximum absolute atomic E-state index is 11.8. The molecule has 0 fully saturated rings. The number of anilines is 1. The number of nitrogens with one attached hydrogen (secondary N) is 2. The lowest BCUT2D eigenvalue weighted by Gasteiger charge is -2.12. The lowest BCUT2D eigenvalue weighted by atomic mass is 10.1. The van der Waals surface area contributed by atoms with Crippen molar-refractivity contribution < 1.29 is 14.3 Å². The fraction of sp³-hybridized carbons (Fsp3) is 0.467. The van der Waals surface area contributed by atoms with Crippen molar-refractivity contribution >= 4 is 17.5 Å². The minimum Gasteiger partial charge on any atom is -0.380 e. The van der Waals surface area contributed by atoms with Crippen LogP contribution in [0.3, 0.4) is 0 Å². The van der Waals surface area contributed by atoms with Crippen molar-refractivity contribution in [1.82, 2.24) is 5.32 Å². The van der Waals surface area contributed by atoms with E-state index >= 15 is 0 Å². The number of amides is 2. The molecule has 1 rings (SSSR count). The Labute approximate surface area is 125 Å². The zero-order chi connectivity index (χ0) is 15.7. The van der Waals surface area contributed by atoms with Crippen molar-refractivity contribution in [2.24, 2.45) is 5.73 Å². The van der Waals surface area contributed by atoms with Crippen LogP contribution in [0.15, 0.2) is 24.3 Å². The van der Waals surface area contributed by atoms with Crippen molar-refractivity contribution in [3.05, 3.63) is 29.8 Å². The highest BCUT2D eigenvalue weighted by Gasteiger charge is 2.11. The molecule has 6 nitrogen and oxygen atoms in total. The Morgan fingerprint density at radius 3 is 2.43 bits per heavy atom. The summed E-state index contributed by atoms with van der Waals surface area (Å²) < 4.78 is 5.06. The summed E-state index contributed by atoms with van der Waals surface area (Å²) in [7, 11) is 1.53. The summed E-state index contributed by atoms with van der Waals surface area (Å²) in [5, 5.41) is 5.51. The normalized spacial score (nSPS) is 11.8. The van der Waals surface area contributed by atoms with Crippen LogP contribution < -0.4 is 16.4 Å². The number of hydrogen-bond donors (Lipinski definition) is 3. The molecule has 0 bridgehead atoms. The molecule has 21 heavy (non-hydrogen) atoms. The highest BCUT2D eigenvalue weighted by Crippen LogP contribution is 2.11. The van der Waals surface area contributed by atoms with Crippen LogP contribution in [-0.4, -0.2) is 38.1 Å². The first-order valence-corrected chi connectivity index (χ1v) is 6.97. The van der Waals surface area contributed by atoms with Crippen molar-refractivity contribution in [2.45, 2.75) is 25.9 Å². The van der Waals surface area contributed by atoms with Crippen molar-refractivity contribution in [1.29, 1.82) is 0 Å². The predicted molar refractivity (Wildman–Crippen MR) is 81.9 cm³/mol. The number of methoxy groups -OCH3 is 1. The second kappa shape index (κ2) is 9.10. The monoisotopic (exact) mass is 293 g/mol. The molecule has 0 spiro atoms. The van der Waals surface area contributed by atoms with E-state index in [4.69, 9.17) is 10.5 Å². The zero-order valence-electron chi connectivity index (χ0n) is 12.5. The molecular weight excluding hydrogens is 270 g/mol. The molecular formula is C15H23N3O3. The molecule has 2 amide bonds. The molecule has 0 aliphatic heterocycles. The van der Waals surface area contributed by atoms with Gasteiger partial charge in [-0.15, -0.1) is 0 Å². The number of likely N-dealkylation sites (N-methyl/N-ethyl adjacent to an activating group) is 1. The van der Waals surface area contributed by atoms with Crippen LogP contribution in [0.2, 0.25) is 0 Å². The van der Waals surface area contributed by atoms with Crippen LogP contribution in [0, 0.1) is 0 Å². The number of carbonyl (C=O) groups is 2. The van der Waals surface area contributed by atoms with E-state index in [1.807, 2.05) is 19.1 Å². The fourth-order valence-corrected chi connectivity index (χ4v) is 1.83. The van der Waals surface area contributed by atoms with Gasteiger partial charge in [0.1, 0.15) is 0 Å². The van der Waals surface area contributed by atoms with Crippen molar-refractivity contribution in [3.63, 3.8) is 0 Å². The third-order valence-corrected chi connectivity index (χ3v) is 2.99. The second-order valence-electron chi connectivity index (χ2n) is 4.67. The number of benzene rings is 1. The minimum atomic E-state index is -0.276. The van der Waals surface area contributed by atoms with Crippen LogP contribution in [0.25, 0.3) is 0 Å².